The molecule has 0 unspecified atom stereocenters. The van der Waals surface area contributed by atoms with Crippen LogP contribution < -0.4 is 0 Å². The van der Waals surface area contributed by atoms with Gasteiger partial charge in [0.05, 0.1) is 5.75 Å². The number of carbonyl (C=O) groups is 1. The summed E-state index contributed by atoms with van der Waals surface area (Å²) in [6.07, 6.45) is 0.716. The van der Waals surface area contributed by atoms with Gasteiger partial charge in [-0.25, -0.2) is 0 Å². The van der Waals surface area contributed by atoms with E-state index in [2.05, 4.69) is 0 Å². The van der Waals surface area contributed by atoms with E-state index in [1.54, 1.807) is 17.8 Å². The first-order chi connectivity index (χ1) is 8.28. The topological polar surface area (TPSA) is 30.2 Å². The van der Waals surface area contributed by atoms with Crippen molar-refractivity contribution in [2.75, 3.05) is 0 Å². The summed E-state index contributed by atoms with van der Waals surface area (Å²) in [5, 5.41) is 0.750. The molecular formula is C13H11ClO2S. The third-order valence-corrected chi connectivity index (χ3v) is 3.50. The Hall–Kier alpha value is -1.19. The third kappa shape index (κ3) is 3.65. The standard InChI is InChI=1S/C13H11ClO2S/c14-11-3-1-10(2-4-11)8-17-9-13-6-5-12(7-15)16-13/h1-7H,8-9H2. The van der Waals surface area contributed by atoms with E-state index in [1.807, 2.05) is 30.3 Å². The Morgan fingerprint density at radius 3 is 2.53 bits per heavy atom. The number of halogens is 1. The first kappa shape index (κ1) is 12.3. The molecule has 0 amide bonds. The molecule has 1 aromatic carbocycles. The molecule has 0 aliphatic rings. The van der Waals surface area contributed by atoms with Crippen molar-refractivity contribution in [3.05, 3.63) is 58.5 Å². The van der Waals surface area contributed by atoms with Gasteiger partial charge in [-0.1, -0.05) is 23.7 Å². The van der Waals surface area contributed by atoms with Crippen LogP contribution in [0, 0.1) is 0 Å². The highest BCUT2D eigenvalue weighted by Crippen LogP contribution is 2.20. The molecule has 88 valence electrons. The molecule has 2 rings (SSSR count). The lowest BCUT2D eigenvalue weighted by Crippen LogP contribution is -1.81. The average Bonchev–Trinajstić information content (AvgIpc) is 2.80. The number of hydrogen-bond donors (Lipinski definition) is 0. The summed E-state index contributed by atoms with van der Waals surface area (Å²) in [5.41, 5.74) is 1.22. The fourth-order valence-electron chi connectivity index (χ4n) is 1.39. The van der Waals surface area contributed by atoms with Crippen LogP contribution in [0.1, 0.15) is 21.9 Å². The highest BCUT2D eigenvalue weighted by atomic mass is 35.5. The first-order valence-electron chi connectivity index (χ1n) is 5.14. The van der Waals surface area contributed by atoms with Gasteiger partial charge in [-0.2, -0.15) is 0 Å². The molecule has 0 saturated carbocycles. The van der Waals surface area contributed by atoms with Crippen LogP contribution in [0.15, 0.2) is 40.8 Å². The predicted molar refractivity (Wildman–Crippen MR) is 70.5 cm³/mol. The van der Waals surface area contributed by atoms with E-state index in [0.717, 1.165) is 22.3 Å². The highest BCUT2D eigenvalue weighted by molar-refractivity contribution is 7.97. The van der Waals surface area contributed by atoms with Crippen LogP contribution >= 0.6 is 23.4 Å². The molecule has 0 bridgehead atoms. The summed E-state index contributed by atoms with van der Waals surface area (Å²) in [4.78, 5) is 10.4. The molecule has 2 aromatic rings. The summed E-state index contributed by atoms with van der Waals surface area (Å²) in [6, 6.07) is 11.3. The van der Waals surface area contributed by atoms with Crippen molar-refractivity contribution in [2.45, 2.75) is 11.5 Å². The smallest absolute Gasteiger partial charge is 0.185 e. The zero-order valence-corrected chi connectivity index (χ0v) is 10.6. The third-order valence-electron chi connectivity index (χ3n) is 2.22. The van der Waals surface area contributed by atoms with E-state index >= 15 is 0 Å². The summed E-state index contributed by atoms with van der Waals surface area (Å²) >= 11 is 7.54. The van der Waals surface area contributed by atoms with Gasteiger partial charge in [0.15, 0.2) is 12.0 Å². The lowest BCUT2D eigenvalue weighted by Gasteiger charge is -2.00. The van der Waals surface area contributed by atoms with Crippen LogP contribution in [0.25, 0.3) is 0 Å². The van der Waals surface area contributed by atoms with Gasteiger partial charge in [-0.05, 0) is 29.8 Å². The van der Waals surface area contributed by atoms with Gasteiger partial charge in [0, 0.05) is 10.8 Å². The van der Waals surface area contributed by atoms with Gasteiger partial charge in [0.1, 0.15) is 5.76 Å². The van der Waals surface area contributed by atoms with Crippen LogP contribution in [-0.2, 0) is 11.5 Å². The molecule has 0 radical (unpaired) electrons. The Morgan fingerprint density at radius 2 is 1.88 bits per heavy atom. The van der Waals surface area contributed by atoms with Gasteiger partial charge < -0.3 is 4.42 Å². The lowest BCUT2D eigenvalue weighted by atomic mass is 10.2. The fourth-order valence-corrected chi connectivity index (χ4v) is 2.40. The molecule has 2 nitrogen and oxygen atoms in total. The number of rotatable bonds is 5. The Morgan fingerprint density at radius 1 is 1.12 bits per heavy atom. The summed E-state index contributed by atoms with van der Waals surface area (Å²) < 4.78 is 5.28. The molecule has 0 saturated heterocycles. The molecule has 0 aliphatic heterocycles. The van der Waals surface area contributed by atoms with Gasteiger partial charge in [-0.3, -0.25) is 4.79 Å². The van der Waals surface area contributed by atoms with Gasteiger partial charge in [0.2, 0.25) is 0 Å². The van der Waals surface area contributed by atoms with Crippen molar-refractivity contribution < 1.29 is 9.21 Å². The van der Waals surface area contributed by atoms with Crippen molar-refractivity contribution in [1.82, 2.24) is 0 Å². The minimum atomic E-state index is 0.382. The minimum absolute atomic E-state index is 0.382. The second-order valence-corrected chi connectivity index (χ2v) is 4.96. The van der Waals surface area contributed by atoms with Crippen LogP contribution in [0.5, 0.6) is 0 Å². The average molecular weight is 267 g/mol. The van der Waals surface area contributed by atoms with E-state index in [1.165, 1.54) is 5.56 Å². The number of carbonyl (C=O) groups excluding carboxylic acids is 1. The number of thioether (sulfide) groups is 1. The summed E-state index contributed by atoms with van der Waals surface area (Å²) in [6.45, 7) is 0. The molecular weight excluding hydrogens is 256 g/mol. The number of hydrogen-bond acceptors (Lipinski definition) is 3. The van der Waals surface area contributed by atoms with Crippen LogP contribution in [0.3, 0.4) is 0 Å². The fraction of sp³-hybridized carbons (Fsp3) is 0.154. The first-order valence-corrected chi connectivity index (χ1v) is 6.67. The molecule has 0 N–H and O–H groups in total. The zero-order valence-electron chi connectivity index (χ0n) is 9.06. The second-order valence-electron chi connectivity index (χ2n) is 3.54. The van der Waals surface area contributed by atoms with Crippen LogP contribution in [-0.4, -0.2) is 6.29 Å². The lowest BCUT2D eigenvalue weighted by molar-refractivity contribution is 0.109. The van der Waals surface area contributed by atoms with Crippen molar-refractivity contribution in [2.24, 2.45) is 0 Å². The number of benzene rings is 1. The molecule has 17 heavy (non-hydrogen) atoms. The normalized spacial score (nSPS) is 10.4. The summed E-state index contributed by atoms with van der Waals surface area (Å²) in [7, 11) is 0. The van der Waals surface area contributed by atoms with Crippen molar-refractivity contribution in [3.63, 3.8) is 0 Å². The maximum Gasteiger partial charge on any atom is 0.185 e. The molecule has 0 atom stereocenters. The number of aldehydes is 1. The van der Waals surface area contributed by atoms with E-state index in [9.17, 15) is 4.79 Å². The maximum atomic E-state index is 10.4. The molecule has 0 aliphatic carbocycles. The van der Waals surface area contributed by atoms with Crippen LogP contribution in [0.4, 0.5) is 0 Å². The van der Waals surface area contributed by atoms with E-state index < -0.39 is 0 Å². The molecule has 0 spiro atoms. The largest absolute Gasteiger partial charge is 0.457 e. The van der Waals surface area contributed by atoms with E-state index in [-0.39, 0.29) is 0 Å². The van der Waals surface area contributed by atoms with Crippen LogP contribution in [0.2, 0.25) is 5.02 Å². The Bertz CT molecular complexity index is 490. The Labute approximate surface area is 109 Å². The molecule has 0 fully saturated rings. The summed E-state index contributed by atoms with van der Waals surface area (Å²) in [5.74, 6) is 2.86. The predicted octanol–water partition coefficient (Wildman–Crippen LogP) is 4.18. The Kier molecular flexibility index (Phi) is 4.29. The minimum Gasteiger partial charge on any atom is -0.457 e. The monoisotopic (exact) mass is 266 g/mol. The number of furan rings is 1. The quantitative estimate of drug-likeness (QED) is 0.761. The second kappa shape index (κ2) is 5.94. The molecule has 1 aromatic heterocycles. The molecule has 4 heteroatoms. The van der Waals surface area contributed by atoms with Gasteiger partial charge in [-0.15, -0.1) is 11.8 Å². The molecule has 1 heterocycles. The van der Waals surface area contributed by atoms with E-state index in [0.29, 0.717) is 12.0 Å². The van der Waals surface area contributed by atoms with Gasteiger partial charge in [0.25, 0.3) is 0 Å². The van der Waals surface area contributed by atoms with Crippen molar-refractivity contribution in [3.8, 4) is 0 Å². The SMILES string of the molecule is O=Cc1ccc(CSCc2ccc(Cl)cc2)o1. The van der Waals surface area contributed by atoms with Crippen molar-refractivity contribution >= 4 is 29.6 Å². The van der Waals surface area contributed by atoms with Crippen molar-refractivity contribution in [1.29, 1.82) is 0 Å². The van der Waals surface area contributed by atoms with E-state index in [4.69, 9.17) is 16.0 Å². The van der Waals surface area contributed by atoms with Gasteiger partial charge >= 0.3 is 0 Å². The maximum absolute atomic E-state index is 10.4. The zero-order chi connectivity index (χ0) is 12.1. The highest BCUT2D eigenvalue weighted by Gasteiger charge is 2.01. The Balaban J connectivity index is 1.83.